The van der Waals surface area contributed by atoms with E-state index in [0.717, 1.165) is 56.2 Å². The number of fused-ring (bicyclic) bond motifs is 2. The number of nitrogens with one attached hydrogen (secondary N) is 1. The van der Waals surface area contributed by atoms with Crippen molar-refractivity contribution in [2.24, 2.45) is 0 Å². The lowest BCUT2D eigenvalue weighted by Crippen LogP contribution is -2.26. The molecular weight excluding hydrogens is 462 g/mol. The summed E-state index contributed by atoms with van der Waals surface area (Å²) in [6, 6.07) is 26.5. The van der Waals surface area contributed by atoms with Gasteiger partial charge in [0.2, 0.25) is 0 Å². The molecule has 4 heteroatoms. The molecule has 0 unspecified atom stereocenters. The Hall–Kier alpha value is -4.21. The summed E-state index contributed by atoms with van der Waals surface area (Å²) in [6.07, 6.45) is 2.12. The molecule has 1 aliphatic rings. The topological polar surface area (TPSA) is 41.3 Å². The third-order valence-corrected chi connectivity index (χ3v) is 6.83. The van der Waals surface area contributed by atoms with Gasteiger partial charge in [0, 0.05) is 45.1 Å². The highest BCUT2D eigenvalue weighted by atomic mass is 35.5. The zero-order valence-electron chi connectivity index (χ0n) is 20.3. The molecule has 178 valence electrons. The van der Waals surface area contributed by atoms with Crippen LogP contribution in [0.3, 0.4) is 0 Å². The summed E-state index contributed by atoms with van der Waals surface area (Å²) < 4.78 is 0. The lowest BCUT2D eigenvalue weighted by molar-refractivity contribution is 1.02. The summed E-state index contributed by atoms with van der Waals surface area (Å²) in [7, 11) is 0. The van der Waals surface area contributed by atoms with Crippen molar-refractivity contribution in [3.05, 3.63) is 138 Å². The highest BCUT2D eigenvalue weighted by molar-refractivity contribution is 6.30. The molecule has 0 amide bonds. The van der Waals surface area contributed by atoms with E-state index >= 15 is 0 Å². The molecule has 0 radical (unpaired) electrons. The maximum Gasteiger partial charge on any atom is 0.0620 e. The van der Waals surface area contributed by atoms with Crippen molar-refractivity contribution in [3.63, 3.8) is 0 Å². The first-order chi connectivity index (χ1) is 17.3. The van der Waals surface area contributed by atoms with Crippen molar-refractivity contribution in [2.45, 2.75) is 6.92 Å². The molecule has 0 aromatic heterocycles. The van der Waals surface area contributed by atoms with Gasteiger partial charge in [-0.25, -0.2) is 0 Å². The standard InChI is InChI=1S/C32H28ClN3/c1-20-15-32-29(17-31(20)34)23(4)30(22(3)25-10-9-24-7-5-6-8-26(24)16-25)19-36(32)18-21(2)35-28-13-11-27(33)12-14-28/h5-17,19,35H,2-4,18,34H2,1H3. The van der Waals surface area contributed by atoms with E-state index in [4.69, 9.17) is 17.3 Å². The second-order valence-electron chi connectivity index (χ2n) is 9.15. The van der Waals surface area contributed by atoms with Crippen molar-refractivity contribution >= 4 is 50.6 Å². The van der Waals surface area contributed by atoms with Crippen LogP contribution in [0.4, 0.5) is 17.1 Å². The normalized spacial score (nSPS) is 12.8. The number of hydrogen-bond donors (Lipinski definition) is 2. The maximum absolute atomic E-state index is 6.32. The Morgan fingerprint density at radius 3 is 2.42 bits per heavy atom. The second-order valence-corrected chi connectivity index (χ2v) is 9.59. The van der Waals surface area contributed by atoms with Crippen molar-refractivity contribution in [1.29, 1.82) is 0 Å². The predicted molar refractivity (Wildman–Crippen MR) is 157 cm³/mol. The van der Waals surface area contributed by atoms with Gasteiger partial charge in [0.05, 0.1) is 6.54 Å². The zero-order valence-corrected chi connectivity index (χ0v) is 21.1. The van der Waals surface area contributed by atoms with Gasteiger partial charge >= 0.3 is 0 Å². The van der Waals surface area contributed by atoms with E-state index in [2.05, 4.69) is 84.7 Å². The van der Waals surface area contributed by atoms with E-state index in [0.29, 0.717) is 11.6 Å². The molecule has 0 fully saturated rings. The maximum atomic E-state index is 6.32. The molecule has 0 aliphatic carbocycles. The third kappa shape index (κ3) is 4.53. The minimum Gasteiger partial charge on any atom is -0.398 e. The monoisotopic (exact) mass is 489 g/mol. The average Bonchev–Trinajstić information content (AvgIpc) is 2.87. The molecule has 5 rings (SSSR count). The summed E-state index contributed by atoms with van der Waals surface area (Å²) in [5, 5.41) is 6.46. The van der Waals surface area contributed by atoms with Gasteiger partial charge in [-0.05, 0) is 82.4 Å². The van der Waals surface area contributed by atoms with Gasteiger partial charge in [-0.2, -0.15) is 0 Å². The highest BCUT2D eigenvalue weighted by Crippen LogP contribution is 2.43. The van der Waals surface area contributed by atoms with Gasteiger partial charge in [-0.3, -0.25) is 0 Å². The lowest BCUT2D eigenvalue weighted by Gasteiger charge is -2.33. The number of anilines is 3. The number of aryl methyl sites for hydroxylation is 1. The number of allylic oxidation sites excluding steroid dienone is 3. The van der Waals surface area contributed by atoms with Gasteiger partial charge in [0.1, 0.15) is 0 Å². The Labute approximate surface area is 217 Å². The van der Waals surface area contributed by atoms with Gasteiger partial charge in [0.25, 0.3) is 0 Å². The zero-order chi connectivity index (χ0) is 25.4. The number of rotatable bonds is 6. The third-order valence-electron chi connectivity index (χ3n) is 6.58. The lowest BCUT2D eigenvalue weighted by atomic mass is 9.86. The molecule has 0 saturated carbocycles. The molecule has 1 heterocycles. The fraction of sp³-hybridized carbons (Fsp3) is 0.0625. The molecule has 3 N–H and O–H groups in total. The fourth-order valence-corrected chi connectivity index (χ4v) is 4.67. The minimum absolute atomic E-state index is 0.556. The number of nitrogens with zero attached hydrogens (tertiary/aromatic N) is 1. The Bertz CT molecular complexity index is 1560. The molecule has 0 saturated heterocycles. The Morgan fingerprint density at radius 2 is 1.67 bits per heavy atom. The molecule has 36 heavy (non-hydrogen) atoms. The quantitative estimate of drug-likeness (QED) is 0.267. The van der Waals surface area contributed by atoms with Crippen molar-refractivity contribution in [1.82, 2.24) is 0 Å². The van der Waals surface area contributed by atoms with Crippen LogP contribution in [0.2, 0.25) is 5.02 Å². The van der Waals surface area contributed by atoms with E-state index in [1.54, 1.807) is 0 Å². The minimum atomic E-state index is 0.556. The van der Waals surface area contributed by atoms with Crippen LogP contribution in [0.15, 0.2) is 116 Å². The molecule has 4 aromatic rings. The van der Waals surface area contributed by atoms with Crippen molar-refractivity contribution in [3.8, 4) is 0 Å². The van der Waals surface area contributed by atoms with Gasteiger partial charge in [-0.15, -0.1) is 0 Å². The number of nitrogens with two attached hydrogens (primary N) is 1. The Morgan fingerprint density at radius 1 is 0.944 bits per heavy atom. The summed E-state index contributed by atoms with van der Waals surface area (Å²) >= 11 is 6.04. The van der Waals surface area contributed by atoms with Crippen molar-refractivity contribution < 1.29 is 0 Å². The molecule has 4 aromatic carbocycles. The molecule has 3 nitrogen and oxygen atoms in total. The van der Waals surface area contributed by atoms with E-state index in [9.17, 15) is 0 Å². The molecule has 0 bridgehead atoms. The summed E-state index contributed by atoms with van der Waals surface area (Å²) in [5.74, 6) is 0. The second kappa shape index (κ2) is 9.44. The van der Waals surface area contributed by atoms with Crippen LogP contribution >= 0.6 is 11.6 Å². The summed E-state index contributed by atoms with van der Waals surface area (Å²) in [6.45, 7) is 15.8. The van der Waals surface area contributed by atoms with E-state index in [-0.39, 0.29) is 0 Å². The van der Waals surface area contributed by atoms with Gasteiger partial charge < -0.3 is 16.0 Å². The first-order valence-electron chi connectivity index (χ1n) is 11.8. The SMILES string of the molecule is C=C(CN1C=C(C(=C)c2ccc3ccccc3c2)C(=C)c2cc(N)c(C)cc21)Nc1ccc(Cl)cc1. The van der Waals surface area contributed by atoms with Crippen LogP contribution in [0, 0.1) is 6.92 Å². The first kappa shape index (κ1) is 23.5. The largest absolute Gasteiger partial charge is 0.398 e. The molecule has 0 atom stereocenters. The number of benzene rings is 4. The van der Waals surface area contributed by atoms with E-state index in [1.807, 2.05) is 37.3 Å². The van der Waals surface area contributed by atoms with Gasteiger partial charge in [0.15, 0.2) is 0 Å². The van der Waals surface area contributed by atoms with Crippen LogP contribution in [0.25, 0.3) is 21.9 Å². The van der Waals surface area contributed by atoms with Crippen LogP contribution in [0.5, 0.6) is 0 Å². The van der Waals surface area contributed by atoms with E-state index in [1.165, 1.54) is 10.8 Å². The van der Waals surface area contributed by atoms with E-state index < -0.39 is 0 Å². The number of hydrogen-bond acceptors (Lipinski definition) is 3. The predicted octanol–water partition coefficient (Wildman–Crippen LogP) is 8.44. The smallest absolute Gasteiger partial charge is 0.0620 e. The van der Waals surface area contributed by atoms with Crippen molar-refractivity contribution in [2.75, 3.05) is 22.5 Å². The summed E-state index contributed by atoms with van der Waals surface area (Å²) in [4.78, 5) is 2.18. The molecule has 0 spiro atoms. The van der Waals surface area contributed by atoms with Crippen LogP contribution in [0.1, 0.15) is 16.7 Å². The average molecular weight is 490 g/mol. The van der Waals surface area contributed by atoms with Gasteiger partial charge in [-0.1, -0.05) is 67.7 Å². The Kier molecular flexibility index (Phi) is 6.17. The fourth-order valence-electron chi connectivity index (χ4n) is 4.54. The first-order valence-corrected chi connectivity index (χ1v) is 12.1. The van der Waals surface area contributed by atoms with Crippen LogP contribution < -0.4 is 16.0 Å². The Balaban J connectivity index is 1.51. The highest BCUT2D eigenvalue weighted by Gasteiger charge is 2.24. The number of halogens is 1. The number of nitrogen functional groups attached to an aromatic ring is 1. The molecule has 1 aliphatic heterocycles. The van der Waals surface area contributed by atoms with Crippen LogP contribution in [-0.4, -0.2) is 6.54 Å². The van der Waals surface area contributed by atoms with Crippen LogP contribution in [-0.2, 0) is 0 Å². The molecular formula is C32H28ClN3. The summed E-state index contributed by atoms with van der Waals surface area (Å²) in [5.41, 5.74) is 15.8.